The van der Waals surface area contributed by atoms with Crippen LogP contribution < -0.4 is 9.62 Å². The maximum Gasteiger partial charge on any atom is 0.232 e. The van der Waals surface area contributed by atoms with E-state index in [1.165, 1.54) is 4.31 Å². The van der Waals surface area contributed by atoms with Gasteiger partial charge in [-0.25, -0.2) is 8.42 Å². The van der Waals surface area contributed by atoms with Crippen LogP contribution in [0.2, 0.25) is 0 Å². The van der Waals surface area contributed by atoms with Crippen molar-refractivity contribution in [2.24, 2.45) is 0 Å². The molecule has 146 valence electrons. The standard InChI is InChI=1S/C21H23N3O3S/c1-15-9-10-16(2)19(14-15)24(28(3,26)27)13-11-20(25)23-18-8-4-6-17-7-5-12-22-21(17)18/h4-10,12,14H,11,13H2,1-3H3,(H,23,25). The van der Waals surface area contributed by atoms with E-state index in [2.05, 4.69) is 10.3 Å². The fourth-order valence-electron chi connectivity index (χ4n) is 3.07. The first-order chi connectivity index (χ1) is 13.3. The number of hydrogen-bond donors (Lipinski definition) is 1. The number of sulfonamides is 1. The minimum Gasteiger partial charge on any atom is -0.324 e. The van der Waals surface area contributed by atoms with Crippen LogP contribution in [0.5, 0.6) is 0 Å². The minimum atomic E-state index is -3.52. The lowest BCUT2D eigenvalue weighted by molar-refractivity contribution is -0.116. The molecule has 0 atom stereocenters. The van der Waals surface area contributed by atoms with Crippen LogP contribution in [0.4, 0.5) is 11.4 Å². The summed E-state index contributed by atoms with van der Waals surface area (Å²) in [5, 5.41) is 3.77. The normalized spacial score (nSPS) is 11.4. The zero-order valence-electron chi connectivity index (χ0n) is 16.1. The fourth-order valence-corrected chi connectivity index (χ4v) is 4.05. The molecule has 0 spiro atoms. The maximum absolute atomic E-state index is 12.5. The smallest absolute Gasteiger partial charge is 0.232 e. The van der Waals surface area contributed by atoms with Gasteiger partial charge in [0.1, 0.15) is 0 Å². The molecule has 1 amide bonds. The van der Waals surface area contributed by atoms with Crippen LogP contribution in [0, 0.1) is 13.8 Å². The van der Waals surface area contributed by atoms with Gasteiger partial charge in [-0.05, 0) is 43.2 Å². The molecule has 0 radical (unpaired) electrons. The summed E-state index contributed by atoms with van der Waals surface area (Å²) in [6, 6.07) is 14.9. The third-order valence-electron chi connectivity index (χ3n) is 4.48. The summed E-state index contributed by atoms with van der Waals surface area (Å²) in [4.78, 5) is 16.8. The summed E-state index contributed by atoms with van der Waals surface area (Å²) in [5.41, 5.74) is 3.71. The topological polar surface area (TPSA) is 79.4 Å². The van der Waals surface area contributed by atoms with Crippen molar-refractivity contribution in [3.8, 4) is 0 Å². The van der Waals surface area contributed by atoms with Crippen molar-refractivity contribution in [1.82, 2.24) is 4.98 Å². The Morgan fingerprint density at radius 2 is 1.86 bits per heavy atom. The van der Waals surface area contributed by atoms with Gasteiger partial charge in [-0.1, -0.05) is 30.3 Å². The van der Waals surface area contributed by atoms with Crippen LogP contribution in [0.25, 0.3) is 10.9 Å². The van der Waals surface area contributed by atoms with Crippen molar-refractivity contribution < 1.29 is 13.2 Å². The van der Waals surface area contributed by atoms with Crippen LogP contribution >= 0.6 is 0 Å². The van der Waals surface area contributed by atoms with Crippen molar-refractivity contribution in [2.45, 2.75) is 20.3 Å². The van der Waals surface area contributed by atoms with Gasteiger partial charge in [-0.2, -0.15) is 0 Å². The molecule has 6 nitrogen and oxygen atoms in total. The van der Waals surface area contributed by atoms with Gasteiger partial charge in [-0.3, -0.25) is 14.1 Å². The Kier molecular flexibility index (Phi) is 5.65. The Hall–Kier alpha value is -2.93. The SMILES string of the molecule is Cc1ccc(C)c(N(CCC(=O)Nc2cccc3cccnc23)S(C)(=O)=O)c1. The van der Waals surface area contributed by atoms with Gasteiger partial charge < -0.3 is 5.32 Å². The number of aromatic nitrogens is 1. The monoisotopic (exact) mass is 397 g/mol. The second-order valence-electron chi connectivity index (χ2n) is 6.80. The van der Waals surface area contributed by atoms with E-state index in [9.17, 15) is 13.2 Å². The van der Waals surface area contributed by atoms with Gasteiger partial charge in [-0.15, -0.1) is 0 Å². The fraction of sp³-hybridized carbons (Fsp3) is 0.238. The number of pyridine rings is 1. The molecule has 0 aliphatic carbocycles. The van der Waals surface area contributed by atoms with Crippen LogP contribution in [-0.2, 0) is 14.8 Å². The predicted molar refractivity (Wildman–Crippen MR) is 113 cm³/mol. The van der Waals surface area contributed by atoms with Gasteiger partial charge in [0.25, 0.3) is 0 Å². The van der Waals surface area contributed by atoms with E-state index in [1.54, 1.807) is 12.3 Å². The number of carbonyl (C=O) groups is 1. The predicted octanol–water partition coefficient (Wildman–Crippen LogP) is 3.65. The summed E-state index contributed by atoms with van der Waals surface area (Å²) in [6.07, 6.45) is 2.86. The Morgan fingerprint density at radius 1 is 1.11 bits per heavy atom. The van der Waals surface area contributed by atoms with Gasteiger partial charge in [0, 0.05) is 24.5 Å². The number of carbonyl (C=O) groups excluding carboxylic acids is 1. The number of benzene rings is 2. The number of fused-ring (bicyclic) bond motifs is 1. The lowest BCUT2D eigenvalue weighted by Crippen LogP contribution is -2.33. The quantitative estimate of drug-likeness (QED) is 0.689. The van der Waals surface area contributed by atoms with Crippen molar-refractivity contribution in [3.63, 3.8) is 0 Å². The Balaban J connectivity index is 1.78. The highest BCUT2D eigenvalue weighted by molar-refractivity contribution is 7.92. The molecule has 1 N–H and O–H groups in total. The summed E-state index contributed by atoms with van der Waals surface area (Å²) < 4.78 is 25.9. The number of amides is 1. The van der Waals surface area contributed by atoms with Crippen LogP contribution in [0.1, 0.15) is 17.5 Å². The average molecular weight is 398 g/mol. The van der Waals surface area contributed by atoms with E-state index < -0.39 is 10.0 Å². The van der Waals surface area contributed by atoms with E-state index in [0.29, 0.717) is 16.9 Å². The molecular weight excluding hydrogens is 374 g/mol. The van der Waals surface area contributed by atoms with E-state index in [-0.39, 0.29) is 18.9 Å². The zero-order chi connectivity index (χ0) is 20.3. The molecule has 2 aromatic carbocycles. The molecule has 1 aromatic heterocycles. The molecular formula is C21H23N3O3S. The molecule has 28 heavy (non-hydrogen) atoms. The molecule has 7 heteroatoms. The second-order valence-corrected chi connectivity index (χ2v) is 8.71. The third-order valence-corrected chi connectivity index (χ3v) is 5.66. The van der Waals surface area contributed by atoms with Crippen molar-refractivity contribution >= 4 is 38.2 Å². The van der Waals surface area contributed by atoms with Gasteiger partial charge in [0.15, 0.2) is 0 Å². The number of nitrogens with zero attached hydrogens (tertiary/aromatic N) is 2. The van der Waals surface area contributed by atoms with Crippen molar-refractivity contribution in [1.29, 1.82) is 0 Å². The Bertz CT molecular complexity index is 1120. The minimum absolute atomic E-state index is 0.0314. The van der Waals surface area contributed by atoms with Crippen LogP contribution in [0.15, 0.2) is 54.7 Å². The molecule has 0 aliphatic heterocycles. The van der Waals surface area contributed by atoms with Gasteiger partial charge in [0.05, 0.1) is 23.1 Å². The molecule has 0 fully saturated rings. The van der Waals surface area contributed by atoms with E-state index >= 15 is 0 Å². The number of nitrogens with one attached hydrogen (secondary N) is 1. The highest BCUT2D eigenvalue weighted by Crippen LogP contribution is 2.25. The van der Waals surface area contributed by atoms with Gasteiger partial charge >= 0.3 is 0 Å². The number of anilines is 2. The molecule has 0 saturated heterocycles. The number of aryl methyl sites for hydroxylation is 2. The molecule has 0 saturated carbocycles. The van der Waals surface area contributed by atoms with E-state index in [1.807, 2.05) is 56.3 Å². The van der Waals surface area contributed by atoms with Crippen LogP contribution in [-0.4, -0.2) is 32.1 Å². The molecule has 0 unspecified atom stereocenters. The molecule has 0 aliphatic rings. The Labute approximate surface area is 165 Å². The summed E-state index contributed by atoms with van der Waals surface area (Å²) in [6.45, 7) is 3.82. The molecule has 1 heterocycles. The lowest BCUT2D eigenvalue weighted by Gasteiger charge is -2.24. The first-order valence-electron chi connectivity index (χ1n) is 8.94. The van der Waals surface area contributed by atoms with Crippen LogP contribution in [0.3, 0.4) is 0 Å². The number of rotatable bonds is 6. The largest absolute Gasteiger partial charge is 0.324 e. The van der Waals surface area contributed by atoms with Crippen molar-refractivity contribution in [2.75, 3.05) is 22.4 Å². The van der Waals surface area contributed by atoms with E-state index in [4.69, 9.17) is 0 Å². The highest BCUT2D eigenvalue weighted by atomic mass is 32.2. The van der Waals surface area contributed by atoms with E-state index in [0.717, 1.165) is 22.8 Å². The summed E-state index contributed by atoms with van der Waals surface area (Å²) in [7, 11) is -3.52. The number of hydrogen-bond acceptors (Lipinski definition) is 4. The molecule has 3 aromatic rings. The highest BCUT2D eigenvalue weighted by Gasteiger charge is 2.20. The average Bonchev–Trinajstić information content (AvgIpc) is 2.64. The third kappa shape index (κ3) is 4.48. The summed E-state index contributed by atoms with van der Waals surface area (Å²) in [5.74, 6) is -0.267. The number of para-hydroxylation sites is 1. The molecule has 3 rings (SSSR count). The van der Waals surface area contributed by atoms with Gasteiger partial charge in [0.2, 0.25) is 15.9 Å². The maximum atomic E-state index is 12.5. The Morgan fingerprint density at radius 3 is 2.61 bits per heavy atom. The summed E-state index contributed by atoms with van der Waals surface area (Å²) >= 11 is 0. The first kappa shape index (κ1) is 19.8. The lowest BCUT2D eigenvalue weighted by atomic mass is 10.1. The second kappa shape index (κ2) is 7.98. The zero-order valence-corrected chi connectivity index (χ0v) is 17.0. The molecule has 0 bridgehead atoms. The van der Waals surface area contributed by atoms with Crippen molar-refractivity contribution in [3.05, 3.63) is 65.9 Å². The first-order valence-corrected chi connectivity index (χ1v) is 10.8.